The Balaban J connectivity index is 2.06. The number of nitrogens with zero attached hydrogens (tertiary/aromatic N) is 1. The molecule has 0 aliphatic heterocycles. The van der Waals surface area contributed by atoms with E-state index < -0.39 is 0 Å². The Morgan fingerprint density at radius 1 is 1.13 bits per heavy atom. The molecule has 0 fully saturated rings. The van der Waals surface area contributed by atoms with E-state index in [4.69, 9.17) is 0 Å². The number of amides is 1. The van der Waals surface area contributed by atoms with Crippen molar-refractivity contribution in [3.8, 4) is 0 Å². The monoisotopic (exact) mass is 311 g/mol. The molecule has 0 aliphatic rings. The first-order valence-corrected chi connectivity index (χ1v) is 8.19. The van der Waals surface area contributed by atoms with Gasteiger partial charge in [-0.25, -0.2) is 0 Å². The van der Waals surface area contributed by atoms with E-state index in [1.165, 1.54) is 11.1 Å². The minimum Gasteiger partial charge on any atom is -0.355 e. The third kappa shape index (κ3) is 4.81. The zero-order chi connectivity index (χ0) is 16.7. The van der Waals surface area contributed by atoms with Crippen LogP contribution in [0.1, 0.15) is 47.8 Å². The maximum absolute atomic E-state index is 12.1. The number of carbonyl (C=O) groups is 1. The number of aryl methyl sites for hydroxylation is 2. The van der Waals surface area contributed by atoms with E-state index in [2.05, 4.69) is 48.5 Å². The Kier molecular flexibility index (Phi) is 6.15. The first-order valence-electron chi connectivity index (χ1n) is 8.19. The van der Waals surface area contributed by atoms with Crippen LogP contribution in [-0.2, 0) is 0 Å². The van der Waals surface area contributed by atoms with Gasteiger partial charge in [-0.15, -0.1) is 0 Å². The minimum absolute atomic E-state index is 0.119. The summed E-state index contributed by atoms with van der Waals surface area (Å²) < 4.78 is 0. The van der Waals surface area contributed by atoms with Gasteiger partial charge >= 0.3 is 0 Å². The van der Waals surface area contributed by atoms with Crippen LogP contribution in [0.25, 0.3) is 0 Å². The third-order valence-electron chi connectivity index (χ3n) is 3.81. The van der Waals surface area contributed by atoms with Crippen LogP contribution in [0.15, 0.2) is 36.5 Å². The van der Waals surface area contributed by atoms with Crippen molar-refractivity contribution in [2.75, 3.05) is 11.9 Å². The molecular weight excluding hydrogens is 286 g/mol. The van der Waals surface area contributed by atoms with Gasteiger partial charge in [0.15, 0.2) is 0 Å². The van der Waals surface area contributed by atoms with Gasteiger partial charge in [-0.2, -0.15) is 0 Å². The second-order valence-electron chi connectivity index (χ2n) is 5.78. The highest BCUT2D eigenvalue weighted by molar-refractivity contribution is 5.93. The summed E-state index contributed by atoms with van der Waals surface area (Å²) >= 11 is 0. The van der Waals surface area contributed by atoms with Gasteiger partial charge in [0.1, 0.15) is 5.69 Å². The van der Waals surface area contributed by atoms with Crippen LogP contribution in [-0.4, -0.2) is 17.4 Å². The van der Waals surface area contributed by atoms with Crippen LogP contribution in [0.3, 0.4) is 0 Å². The molecule has 23 heavy (non-hydrogen) atoms. The van der Waals surface area contributed by atoms with Gasteiger partial charge in [-0.3, -0.25) is 9.78 Å². The van der Waals surface area contributed by atoms with Gasteiger partial charge in [-0.05, 0) is 43.5 Å². The SMILES string of the molecule is CCCCCNC(=O)c1cc(Nc2c(C)cccc2C)ccn1. The molecule has 4 nitrogen and oxygen atoms in total. The summed E-state index contributed by atoms with van der Waals surface area (Å²) in [7, 11) is 0. The third-order valence-corrected chi connectivity index (χ3v) is 3.81. The van der Waals surface area contributed by atoms with Crippen LogP contribution in [0, 0.1) is 13.8 Å². The molecule has 2 N–H and O–H groups in total. The Morgan fingerprint density at radius 2 is 1.87 bits per heavy atom. The highest BCUT2D eigenvalue weighted by atomic mass is 16.1. The van der Waals surface area contributed by atoms with Gasteiger partial charge in [0.25, 0.3) is 5.91 Å². The number of nitrogens with one attached hydrogen (secondary N) is 2. The van der Waals surface area contributed by atoms with Crippen molar-refractivity contribution in [3.63, 3.8) is 0 Å². The van der Waals surface area contributed by atoms with E-state index in [9.17, 15) is 4.79 Å². The van der Waals surface area contributed by atoms with E-state index in [1.807, 2.05) is 12.1 Å². The van der Waals surface area contributed by atoms with E-state index >= 15 is 0 Å². The van der Waals surface area contributed by atoms with Crippen molar-refractivity contribution in [3.05, 3.63) is 53.3 Å². The molecule has 2 aromatic rings. The van der Waals surface area contributed by atoms with Crippen LogP contribution >= 0.6 is 0 Å². The molecule has 1 heterocycles. The van der Waals surface area contributed by atoms with Crippen molar-refractivity contribution >= 4 is 17.3 Å². The smallest absolute Gasteiger partial charge is 0.269 e. The molecule has 0 aliphatic carbocycles. The summed E-state index contributed by atoms with van der Waals surface area (Å²) in [6.07, 6.45) is 4.94. The summed E-state index contributed by atoms with van der Waals surface area (Å²) in [6, 6.07) is 9.84. The maximum atomic E-state index is 12.1. The van der Waals surface area contributed by atoms with Crippen molar-refractivity contribution in [2.45, 2.75) is 40.0 Å². The largest absolute Gasteiger partial charge is 0.355 e. The van der Waals surface area contributed by atoms with E-state index in [0.29, 0.717) is 12.2 Å². The topological polar surface area (TPSA) is 54.0 Å². The molecular formula is C19H25N3O. The number of para-hydroxylation sites is 1. The van der Waals surface area contributed by atoms with E-state index in [-0.39, 0.29) is 5.91 Å². The Hall–Kier alpha value is -2.36. The van der Waals surface area contributed by atoms with Crippen LogP contribution in [0.4, 0.5) is 11.4 Å². The van der Waals surface area contributed by atoms with Gasteiger partial charge in [0.05, 0.1) is 0 Å². The van der Waals surface area contributed by atoms with Gasteiger partial charge in [0.2, 0.25) is 0 Å². The predicted octanol–water partition coefficient (Wildman–Crippen LogP) is 4.36. The lowest BCUT2D eigenvalue weighted by molar-refractivity contribution is 0.0948. The molecule has 1 amide bonds. The summed E-state index contributed by atoms with van der Waals surface area (Å²) in [5.74, 6) is -0.119. The zero-order valence-electron chi connectivity index (χ0n) is 14.1. The van der Waals surface area contributed by atoms with Gasteiger partial charge in [-0.1, -0.05) is 38.0 Å². The Morgan fingerprint density at radius 3 is 2.57 bits per heavy atom. The second kappa shape index (κ2) is 8.32. The van der Waals surface area contributed by atoms with Crippen molar-refractivity contribution < 1.29 is 4.79 Å². The highest BCUT2D eigenvalue weighted by Crippen LogP contribution is 2.24. The predicted molar refractivity (Wildman–Crippen MR) is 95.3 cm³/mol. The molecule has 1 aromatic heterocycles. The fourth-order valence-corrected chi connectivity index (χ4v) is 2.46. The summed E-state index contributed by atoms with van der Waals surface area (Å²) in [6.45, 7) is 6.98. The highest BCUT2D eigenvalue weighted by Gasteiger charge is 2.08. The van der Waals surface area contributed by atoms with E-state index in [1.54, 1.807) is 12.3 Å². The second-order valence-corrected chi connectivity index (χ2v) is 5.78. The van der Waals surface area contributed by atoms with Crippen molar-refractivity contribution in [1.82, 2.24) is 10.3 Å². The minimum atomic E-state index is -0.119. The number of hydrogen-bond donors (Lipinski definition) is 2. The first kappa shape index (κ1) is 17.0. The quantitative estimate of drug-likeness (QED) is 0.747. The van der Waals surface area contributed by atoms with Crippen LogP contribution in [0.2, 0.25) is 0 Å². The molecule has 0 saturated heterocycles. The summed E-state index contributed by atoms with van der Waals surface area (Å²) in [5.41, 5.74) is 4.74. The number of unbranched alkanes of at least 4 members (excludes halogenated alkanes) is 2. The van der Waals surface area contributed by atoms with E-state index in [0.717, 1.165) is 30.6 Å². The molecule has 2 rings (SSSR count). The van der Waals surface area contributed by atoms with Crippen molar-refractivity contribution in [2.24, 2.45) is 0 Å². The number of carbonyl (C=O) groups excluding carboxylic acids is 1. The average molecular weight is 311 g/mol. The Bertz CT molecular complexity index is 647. The summed E-state index contributed by atoms with van der Waals surface area (Å²) in [5, 5.41) is 6.31. The van der Waals surface area contributed by atoms with Crippen molar-refractivity contribution in [1.29, 1.82) is 0 Å². The molecule has 122 valence electrons. The first-order chi connectivity index (χ1) is 11.1. The normalized spacial score (nSPS) is 10.4. The fourth-order valence-electron chi connectivity index (χ4n) is 2.46. The molecule has 0 bridgehead atoms. The molecule has 0 saturated carbocycles. The number of aromatic nitrogens is 1. The number of benzene rings is 1. The molecule has 0 atom stereocenters. The average Bonchev–Trinajstić information content (AvgIpc) is 2.55. The van der Waals surface area contributed by atoms with Gasteiger partial charge < -0.3 is 10.6 Å². The zero-order valence-corrected chi connectivity index (χ0v) is 14.1. The van der Waals surface area contributed by atoms with Crippen LogP contribution in [0.5, 0.6) is 0 Å². The lowest BCUT2D eigenvalue weighted by Gasteiger charge is -2.13. The maximum Gasteiger partial charge on any atom is 0.269 e. The number of hydrogen-bond acceptors (Lipinski definition) is 3. The molecule has 0 radical (unpaired) electrons. The molecule has 4 heteroatoms. The van der Waals surface area contributed by atoms with Gasteiger partial charge in [0, 0.05) is 24.1 Å². The standard InChI is InChI=1S/C19H25N3O/c1-4-5-6-11-21-19(23)17-13-16(10-12-20-17)22-18-14(2)8-7-9-15(18)3/h7-10,12-13H,4-6,11H2,1-3H3,(H,20,22)(H,21,23). The molecule has 0 unspecified atom stereocenters. The Labute approximate surface area is 138 Å². The number of rotatable bonds is 7. The molecule has 1 aromatic carbocycles. The summed E-state index contributed by atoms with van der Waals surface area (Å²) in [4.78, 5) is 16.3. The lowest BCUT2D eigenvalue weighted by Crippen LogP contribution is -2.25. The molecule has 0 spiro atoms. The number of anilines is 2. The lowest BCUT2D eigenvalue weighted by atomic mass is 10.1. The number of pyridine rings is 1. The fraction of sp³-hybridized carbons (Fsp3) is 0.368. The van der Waals surface area contributed by atoms with Crippen LogP contribution < -0.4 is 10.6 Å².